The molecule has 0 fully saturated rings. The van der Waals surface area contributed by atoms with E-state index in [0.29, 0.717) is 18.0 Å². The summed E-state index contributed by atoms with van der Waals surface area (Å²) in [5.41, 5.74) is 0.605. The molecule has 6 heteroatoms. The standard InChI is InChI=1S/C12H21N3O3/c1-9(2)3-4-11(17)5-10-6-15(14-13-10)7-12(18)8-16/h6,9,12,16,18H,3-5,7-8H2,1-2H3. The van der Waals surface area contributed by atoms with Crippen molar-refractivity contribution in [3.63, 3.8) is 0 Å². The van der Waals surface area contributed by atoms with Crippen molar-refractivity contribution in [2.45, 2.75) is 45.8 Å². The second-order valence-electron chi connectivity index (χ2n) is 4.92. The Kier molecular flexibility index (Phi) is 5.94. The van der Waals surface area contributed by atoms with E-state index in [4.69, 9.17) is 5.11 Å². The van der Waals surface area contributed by atoms with Crippen LogP contribution < -0.4 is 0 Å². The summed E-state index contributed by atoms with van der Waals surface area (Å²) in [5, 5.41) is 25.6. The van der Waals surface area contributed by atoms with Crippen LogP contribution in [-0.2, 0) is 17.8 Å². The normalized spacial score (nSPS) is 12.9. The summed E-state index contributed by atoms with van der Waals surface area (Å²) in [6, 6.07) is 0. The van der Waals surface area contributed by atoms with Gasteiger partial charge in [0.2, 0.25) is 0 Å². The van der Waals surface area contributed by atoms with Crippen molar-refractivity contribution in [2.24, 2.45) is 5.92 Å². The third-order valence-electron chi connectivity index (χ3n) is 2.57. The Hall–Kier alpha value is -1.27. The van der Waals surface area contributed by atoms with Crippen molar-refractivity contribution >= 4 is 5.78 Å². The first kappa shape index (κ1) is 14.8. The number of Topliss-reactive ketones (excluding diaryl/α,β-unsaturated/α-hetero) is 1. The largest absolute Gasteiger partial charge is 0.394 e. The van der Waals surface area contributed by atoms with Crippen molar-refractivity contribution in [3.05, 3.63) is 11.9 Å². The first-order chi connectivity index (χ1) is 8.51. The van der Waals surface area contributed by atoms with Gasteiger partial charge in [-0.3, -0.25) is 4.79 Å². The average molecular weight is 255 g/mol. The molecule has 1 heterocycles. The van der Waals surface area contributed by atoms with Crippen LogP contribution in [0.4, 0.5) is 0 Å². The first-order valence-electron chi connectivity index (χ1n) is 6.21. The summed E-state index contributed by atoms with van der Waals surface area (Å²) < 4.78 is 1.44. The Bertz CT molecular complexity index is 376. The molecule has 0 aromatic carbocycles. The van der Waals surface area contributed by atoms with E-state index < -0.39 is 6.10 Å². The number of hydrogen-bond donors (Lipinski definition) is 2. The van der Waals surface area contributed by atoms with Gasteiger partial charge in [-0.05, 0) is 12.3 Å². The van der Waals surface area contributed by atoms with Crippen molar-refractivity contribution < 1.29 is 15.0 Å². The molecule has 0 saturated carbocycles. The monoisotopic (exact) mass is 255 g/mol. The van der Waals surface area contributed by atoms with Crippen LogP contribution in [0.2, 0.25) is 0 Å². The smallest absolute Gasteiger partial charge is 0.138 e. The summed E-state index contributed by atoms with van der Waals surface area (Å²) in [4.78, 5) is 11.6. The predicted molar refractivity (Wildman–Crippen MR) is 65.9 cm³/mol. The van der Waals surface area contributed by atoms with Crippen molar-refractivity contribution in [2.75, 3.05) is 6.61 Å². The summed E-state index contributed by atoms with van der Waals surface area (Å²) in [5.74, 6) is 0.669. The molecule has 0 amide bonds. The number of carbonyl (C=O) groups excluding carboxylic acids is 1. The van der Waals surface area contributed by atoms with E-state index >= 15 is 0 Å². The molecular formula is C12H21N3O3. The van der Waals surface area contributed by atoms with E-state index in [-0.39, 0.29) is 25.4 Å². The van der Waals surface area contributed by atoms with Gasteiger partial charge in [0, 0.05) is 12.6 Å². The lowest BCUT2D eigenvalue weighted by Crippen LogP contribution is -2.20. The van der Waals surface area contributed by atoms with Crippen molar-refractivity contribution in [1.82, 2.24) is 15.0 Å². The minimum Gasteiger partial charge on any atom is -0.394 e. The first-order valence-corrected chi connectivity index (χ1v) is 6.21. The van der Waals surface area contributed by atoms with Gasteiger partial charge in [0.1, 0.15) is 5.78 Å². The van der Waals surface area contributed by atoms with Crippen LogP contribution in [0, 0.1) is 5.92 Å². The number of aliphatic hydroxyl groups is 2. The van der Waals surface area contributed by atoms with Gasteiger partial charge in [-0.1, -0.05) is 19.1 Å². The molecule has 0 aliphatic heterocycles. The lowest BCUT2D eigenvalue weighted by molar-refractivity contribution is -0.118. The van der Waals surface area contributed by atoms with Crippen LogP contribution >= 0.6 is 0 Å². The third-order valence-corrected chi connectivity index (χ3v) is 2.57. The van der Waals surface area contributed by atoms with Crippen LogP contribution in [0.1, 0.15) is 32.4 Å². The molecule has 2 N–H and O–H groups in total. The molecule has 1 aromatic rings. The van der Waals surface area contributed by atoms with Crippen LogP contribution in [-0.4, -0.2) is 43.7 Å². The zero-order chi connectivity index (χ0) is 13.5. The maximum Gasteiger partial charge on any atom is 0.138 e. The quantitative estimate of drug-likeness (QED) is 0.691. The lowest BCUT2D eigenvalue weighted by atomic mass is 10.0. The average Bonchev–Trinajstić information content (AvgIpc) is 2.73. The van der Waals surface area contributed by atoms with Gasteiger partial charge in [0.05, 0.1) is 31.4 Å². The SMILES string of the molecule is CC(C)CCC(=O)Cc1cn(CC(O)CO)nn1. The van der Waals surface area contributed by atoms with E-state index in [1.54, 1.807) is 6.20 Å². The fraction of sp³-hybridized carbons (Fsp3) is 0.750. The molecule has 0 aliphatic carbocycles. The van der Waals surface area contributed by atoms with Crippen molar-refractivity contribution in [3.8, 4) is 0 Å². The molecule has 0 saturated heterocycles. The van der Waals surface area contributed by atoms with E-state index in [1.165, 1.54) is 4.68 Å². The van der Waals surface area contributed by atoms with Crippen LogP contribution in [0.25, 0.3) is 0 Å². The fourth-order valence-electron chi connectivity index (χ4n) is 1.52. The van der Waals surface area contributed by atoms with Gasteiger partial charge in [0.15, 0.2) is 0 Å². The minimum atomic E-state index is -0.851. The maximum absolute atomic E-state index is 11.6. The zero-order valence-corrected chi connectivity index (χ0v) is 10.9. The Labute approximate surface area is 107 Å². The Morgan fingerprint density at radius 3 is 2.83 bits per heavy atom. The summed E-state index contributed by atoms with van der Waals surface area (Å²) in [6.07, 6.45) is 2.50. The lowest BCUT2D eigenvalue weighted by Gasteiger charge is -2.05. The molecule has 1 rings (SSSR count). The second-order valence-corrected chi connectivity index (χ2v) is 4.92. The van der Waals surface area contributed by atoms with Gasteiger partial charge in [-0.25, -0.2) is 4.68 Å². The molecule has 0 spiro atoms. The molecule has 1 aromatic heterocycles. The number of hydrogen-bond acceptors (Lipinski definition) is 5. The number of aliphatic hydroxyl groups excluding tert-OH is 2. The maximum atomic E-state index is 11.6. The van der Waals surface area contributed by atoms with E-state index in [9.17, 15) is 9.90 Å². The highest BCUT2D eigenvalue weighted by atomic mass is 16.3. The highest BCUT2D eigenvalue weighted by Gasteiger charge is 2.10. The highest BCUT2D eigenvalue weighted by Crippen LogP contribution is 2.06. The number of rotatable bonds is 8. The number of aromatic nitrogens is 3. The molecule has 102 valence electrons. The van der Waals surface area contributed by atoms with Crippen LogP contribution in [0.3, 0.4) is 0 Å². The van der Waals surface area contributed by atoms with Crippen LogP contribution in [0.15, 0.2) is 6.20 Å². The highest BCUT2D eigenvalue weighted by molar-refractivity contribution is 5.80. The van der Waals surface area contributed by atoms with E-state index in [0.717, 1.165) is 6.42 Å². The Morgan fingerprint density at radius 1 is 1.50 bits per heavy atom. The molecule has 1 unspecified atom stereocenters. The number of nitrogens with zero attached hydrogens (tertiary/aromatic N) is 3. The van der Waals surface area contributed by atoms with E-state index in [2.05, 4.69) is 24.2 Å². The number of ketones is 1. The summed E-state index contributed by atoms with van der Waals surface area (Å²) in [6.45, 7) is 4.03. The Morgan fingerprint density at radius 2 is 2.22 bits per heavy atom. The van der Waals surface area contributed by atoms with Crippen molar-refractivity contribution in [1.29, 1.82) is 0 Å². The molecular weight excluding hydrogens is 234 g/mol. The molecule has 1 atom stereocenters. The summed E-state index contributed by atoms with van der Waals surface area (Å²) >= 11 is 0. The van der Waals surface area contributed by atoms with Gasteiger partial charge in [-0.2, -0.15) is 0 Å². The molecule has 6 nitrogen and oxygen atoms in total. The van der Waals surface area contributed by atoms with Gasteiger partial charge in [0.25, 0.3) is 0 Å². The zero-order valence-electron chi connectivity index (χ0n) is 10.9. The number of carbonyl (C=O) groups is 1. The molecule has 0 aliphatic rings. The molecule has 18 heavy (non-hydrogen) atoms. The van der Waals surface area contributed by atoms with E-state index in [1.807, 2.05) is 0 Å². The Balaban J connectivity index is 2.41. The van der Waals surface area contributed by atoms with Gasteiger partial charge >= 0.3 is 0 Å². The minimum absolute atomic E-state index is 0.151. The summed E-state index contributed by atoms with van der Waals surface area (Å²) in [7, 11) is 0. The van der Waals surface area contributed by atoms with Gasteiger partial charge in [-0.15, -0.1) is 5.10 Å². The molecule has 0 bridgehead atoms. The topological polar surface area (TPSA) is 88.2 Å². The third kappa shape index (κ3) is 5.37. The molecule has 0 radical (unpaired) electrons. The van der Waals surface area contributed by atoms with Crippen LogP contribution in [0.5, 0.6) is 0 Å². The predicted octanol–water partition coefficient (Wildman–Crippen LogP) is 0.179. The second kappa shape index (κ2) is 7.23. The fourth-order valence-corrected chi connectivity index (χ4v) is 1.52. The van der Waals surface area contributed by atoms with Gasteiger partial charge < -0.3 is 10.2 Å².